The fourth-order valence-corrected chi connectivity index (χ4v) is 4.89. The van der Waals surface area contributed by atoms with E-state index in [0.29, 0.717) is 0 Å². The minimum Gasteiger partial charge on any atom is -0.303 e. The van der Waals surface area contributed by atoms with Crippen LogP contribution in [0, 0.1) is 9.49 Å². The average molecular weight is 454 g/mol. The third-order valence-corrected chi connectivity index (χ3v) is 6.75. The standard InChI is InChI=1S/C20H27IN2S/c1-22(15-18-9-13-24-16-18)14-17-6-10-23(11-7-17)12-8-19-4-2-3-5-20(19)21/h2-5,9,13,16-17H,6-8,10-12,14-15H2,1H3. The van der Waals surface area contributed by atoms with E-state index in [1.54, 1.807) is 11.3 Å². The SMILES string of the molecule is CN(Cc1ccsc1)CC1CCN(CCc2ccccc2I)CC1. The van der Waals surface area contributed by atoms with E-state index in [1.165, 1.54) is 60.1 Å². The fourth-order valence-electron chi connectivity index (χ4n) is 3.57. The highest BCUT2D eigenvalue weighted by molar-refractivity contribution is 14.1. The van der Waals surface area contributed by atoms with Crippen molar-refractivity contribution in [1.29, 1.82) is 0 Å². The molecule has 3 rings (SSSR count). The van der Waals surface area contributed by atoms with E-state index in [-0.39, 0.29) is 0 Å². The molecule has 2 aromatic rings. The Balaban J connectivity index is 1.37. The number of thiophene rings is 1. The summed E-state index contributed by atoms with van der Waals surface area (Å²) in [4.78, 5) is 5.15. The first-order chi connectivity index (χ1) is 11.7. The Morgan fingerprint density at radius 2 is 2.00 bits per heavy atom. The van der Waals surface area contributed by atoms with E-state index >= 15 is 0 Å². The number of hydrogen-bond acceptors (Lipinski definition) is 3. The number of hydrogen-bond donors (Lipinski definition) is 0. The molecule has 0 atom stereocenters. The smallest absolute Gasteiger partial charge is 0.0239 e. The highest BCUT2D eigenvalue weighted by atomic mass is 127. The number of piperidine rings is 1. The molecule has 1 aromatic carbocycles. The number of rotatable bonds is 7. The molecule has 1 fully saturated rings. The lowest BCUT2D eigenvalue weighted by atomic mass is 9.96. The number of likely N-dealkylation sites (tertiary alicyclic amines) is 1. The van der Waals surface area contributed by atoms with Crippen molar-refractivity contribution in [2.45, 2.75) is 25.8 Å². The molecule has 2 heterocycles. The molecular formula is C20H27IN2S. The van der Waals surface area contributed by atoms with Crippen LogP contribution in [0.2, 0.25) is 0 Å². The molecule has 0 amide bonds. The van der Waals surface area contributed by atoms with Gasteiger partial charge < -0.3 is 9.80 Å². The van der Waals surface area contributed by atoms with Crippen molar-refractivity contribution in [2.75, 3.05) is 33.2 Å². The fraction of sp³-hybridized carbons (Fsp3) is 0.500. The minimum absolute atomic E-state index is 0.863. The zero-order valence-electron chi connectivity index (χ0n) is 14.5. The first-order valence-electron chi connectivity index (χ1n) is 8.86. The summed E-state index contributed by atoms with van der Waals surface area (Å²) >= 11 is 4.25. The summed E-state index contributed by atoms with van der Waals surface area (Å²) in [6.07, 6.45) is 3.88. The van der Waals surface area contributed by atoms with E-state index in [1.807, 2.05) is 0 Å². The van der Waals surface area contributed by atoms with Crippen LogP contribution in [0.5, 0.6) is 0 Å². The minimum atomic E-state index is 0.863. The van der Waals surface area contributed by atoms with Gasteiger partial charge in [-0.2, -0.15) is 11.3 Å². The quantitative estimate of drug-likeness (QED) is 0.558. The van der Waals surface area contributed by atoms with Crippen LogP contribution in [0.4, 0.5) is 0 Å². The van der Waals surface area contributed by atoms with Crippen molar-refractivity contribution in [3.8, 4) is 0 Å². The lowest BCUT2D eigenvalue weighted by molar-refractivity contribution is 0.153. The van der Waals surface area contributed by atoms with Crippen LogP contribution >= 0.6 is 33.9 Å². The van der Waals surface area contributed by atoms with Crippen LogP contribution in [0.25, 0.3) is 0 Å². The molecule has 1 aliphatic heterocycles. The van der Waals surface area contributed by atoms with Gasteiger partial charge in [-0.1, -0.05) is 18.2 Å². The predicted octanol–water partition coefficient (Wildman–Crippen LogP) is 4.74. The van der Waals surface area contributed by atoms with Crippen LogP contribution in [0.15, 0.2) is 41.1 Å². The van der Waals surface area contributed by atoms with Crippen LogP contribution in [-0.4, -0.2) is 43.0 Å². The molecule has 24 heavy (non-hydrogen) atoms. The lowest BCUT2D eigenvalue weighted by Gasteiger charge is -2.34. The number of nitrogens with zero attached hydrogens (tertiary/aromatic N) is 2. The maximum atomic E-state index is 2.65. The average Bonchev–Trinajstić information content (AvgIpc) is 3.08. The maximum absolute atomic E-state index is 2.65. The predicted molar refractivity (Wildman–Crippen MR) is 113 cm³/mol. The molecule has 0 spiro atoms. The van der Waals surface area contributed by atoms with Crippen molar-refractivity contribution in [3.63, 3.8) is 0 Å². The normalized spacial score (nSPS) is 16.8. The molecule has 0 unspecified atom stereocenters. The summed E-state index contributed by atoms with van der Waals surface area (Å²) in [7, 11) is 2.27. The molecule has 0 N–H and O–H groups in total. The van der Waals surface area contributed by atoms with Crippen molar-refractivity contribution >= 4 is 33.9 Å². The molecule has 1 aliphatic rings. The van der Waals surface area contributed by atoms with Gasteiger partial charge in [0, 0.05) is 23.2 Å². The van der Waals surface area contributed by atoms with Crippen molar-refractivity contribution in [2.24, 2.45) is 5.92 Å². The number of halogens is 1. The highest BCUT2D eigenvalue weighted by Crippen LogP contribution is 2.20. The van der Waals surface area contributed by atoms with Crippen molar-refractivity contribution in [3.05, 3.63) is 55.8 Å². The Morgan fingerprint density at radius 3 is 2.71 bits per heavy atom. The molecule has 1 saturated heterocycles. The summed E-state index contributed by atoms with van der Waals surface area (Å²) in [5.41, 5.74) is 2.95. The zero-order chi connectivity index (χ0) is 16.8. The Kier molecular flexibility index (Phi) is 7.13. The van der Waals surface area contributed by atoms with Gasteiger partial charge in [-0.3, -0.25) is 0 Å². The highest BCUT2D eigenvalue weighted by Gasteiger charge is 2.20. The molecule has 0 saturated carbocycles. The maximum Gasteiger partial charge on any atom is 0.0239 e. The van der Waals surface area contributed by atoms with Gasteiger partial charge >= 0.3 is 0 Å². The van der Waals surface area contributed by atoms with E-state index in [2.05, 4.69) is 80.5 Å². The van der Waals surface area contributed by atoms with Crippen LogP contribution < -0.4 is 0 Å². The first kappa shape index (κ1) is 18.4. The monoisotopic (exact) mass is 454 g/mol. The molecule has 4 heteroatoms. The molecule has 130 valence electrons. The molecule has 0 bridgehead atoms. The Hall–Kier alpha value is -0.430. The topological polar surface area (TPSA) is 6.48 Å². The van der Waals surface area contributed by atoms with Crippen molar-refractivity contribution < 1.29 is 0 Å². The molecular weight excluding hydrogens is 427 g/mol. The summed E-state index contributed by atoms with van der Waals surface area (Å²) in [6, 6.07) is 11.0. The van der Waals surface area contributed by atoms with Gasteiger partial charge in [0.15, 0.2) is 0 Å². The van der Waals surface area contributed by atoms with Gasteiger partial charge in [-0.05, 0) is 102 Å². The summed E-state index contributed by atoms with van der Waals surface area (Å²) in [5.74, 6) is 0.863. The van der Waals surface area contributed by atoms with E-state index < -0.39 is 0 Å². The van der Waals surface area contributed by atoms with Crippen LogP contribution in [-0.2, 0) is 13.0 Å². The molecule has 0 radical (unpaired) electrons. The van der Waals surface area contributed by atoms with Gasteiger partial charge in [0.2, 0.25) is 0 Å². The van der Waals surface area contributed by atoms with Gasteiger partial charge in [0.25, 0.3) is 0 Å². The first-order valence-corrected chi connectivity index (χ1v) is 10.9. The van der Waals surface area contributed by atoms with E-state index in [9.17, 15) is 0 Å². The van der Waals surface area contributed by atoms with Gasteiger partial charge in [0.1, 0.15) is 0 Å². The largest absolute Gasteiger partial charge is 0.303 e. The van der Waals surface area contributed by atoms with Gasteiger partial charge in [-0.15, -0.1) is 0 Å². The van der Waals surface area contributed by atoms with Gasteiger partial charge in [0.05, 0.1) is 0 Å². The van der Waals surface area contributed by atoms with E-state index in [0.717, 1.165) is 12.5 Å². The number of benzene rings is 1. The van der Waals surface area contributed by atoms with Gasteiger partial charge in [-0.25, -0.2) is 0 Å². The summed E-state index contributed by atoms with van der Waals surface area (Å²) in [6.45, 7) is 6.06. The second kappa shape index (κ2) is 9.32. The Bertz CT molecular complexity index is 606. The molecule has 1 aromatic heterocycles. The summed E-state index contributed by atoms with van der Waals surface area (Å²) < 4.78 is 1.40. The van der Waals surface area contributed by atoms with E-state index in [4.69, 9.17) is 0 Å². The second-order valence-corrected chi connectivity index (χ2v) is 8.90. The van der Waals surface area contributed by atoms with Crippen LogP contribution in [0.3, 0.4) is 0 Å². The zero-order valence-corrected chi connectivity index (χ0v) is 17.4. The lowest BCUT2D eigenvalue weighted by Crippen LogP contribution is -2.38. The summed E-state index contributed by atoms with van der Waals surface area (Å²) in [5, 5.41) is 4.44. The third kappa shape index (κ3) is 5.55. The second-order valence-electron chi connectivity index (χ2n) is 6.95. The Morgan fingerprint density at radius 1 is 1.21 bits per heavy atom. The Labute approximate surface area is 164 Å². The molecule has 0 aliphatic carbocycles. The molecule has 2 nitrogen and oxygen atoms in total. The van der Waals surface area contributed by atoms with Crippen molar-refractivity contribution in [1.82, 2.24) is 9.80 Å². The third-order valence-electron chi connectivity index (χ3n) is 4.96. The van der Waals surface area contributed by atoms with Crippen LogP contribution in [0.1, 0.15) is 24.0 Å².